The van der Waals surface area contributed by atoms with Gasteiger partial charge in [-0.1, -0.05) is 36.4 Å². The van der Waals surface area contributed by atoms with E-state index in [0.29, 0.717) is 17.9 Å². The molecule has 1 N–H and O–H groups in total. The molecule has 0 spiro atoms. The molecule has 0 fully saturated rings. The van der Waals surface area contributed by atoms with Crippen LogP contribution in [0.15, 0.2) is 48.5 Å². The van der Waals surface area contributed by atoms with Crippen LogP contribution in [-0.2, 0) is 11.2 Å². The number of rotatable bonds is 7. The predicted molar refractivity (Wildman–Crippen MR) is 89.8 cm³/mol. The summed E-state index contributed by atoms with van der Waals surface area (Å²) in [5.74, 6) is 0.316. The van der Waals surface area contributed by atoms with E-state index in [1.165, 1.54) is 18.1 Å². The maximum Gasteiger partial charge on any atom is 0.257 e. The van der Waals surface area contributed by atoms with Crippen molar-refractivity contribution in [3.63, 3.8) is 0 Å². The van der Waals surface area contributed by atoms with Gasteiger partial charge in [0, 0.05) is 12.1 Å². The minimum absolute atomic E-state index is 0.0295. The molecule has 0 heterocycles. The third-order valence-electron chi connectivity index (χ3n) is 3.59. The highest BCUT2D eigenvalue weighted by Gasteiger charge is 2.05. The van der Waals surface area contributed by atoms with Gasteiger partial charge in [0.2, 0.25) is 0 Å². The molecule has 0 bridgehead atoms. The zero-order chi connectivity index (χ0) is 16.7. The number of hydrogen-bond acceptors (Lipinski definition) is 3. The molecule has 120 valence electrons. The van der Waals surface area contributed by atoms with Gasteiger partial charge in [0.25, 0.3) is 5.91 Å². The molecule has 2 rings (SSSR count). The molecule has 0 aromatic heterocycles. The molecule has 4 heteroatoms. The van der Waals surface area contributed by atoms with E-state index in [4.69, 9.17) is 4.74 Å². The fourth-order valence-electron chi connectivity index (χ4n) is 2.23. The molecule has 0 radical (unpaired) electrons. The first-order valence-corrected chi connectivity index (χ1v) is 7.61. The van der Waals surface area contributed by atoms with Crippen molar-refractivity contribution < 1.29 is 14.3 Å². The Morgan fingerprint density at radius 1 is 1.09 bits per heavy atom. The Kier molecular flexibility index (Phi) is 5.92. The topological polar surface area (TPSA) is 55.4 Å². The SMILES string of the molecule is CC(=O)c1cccc(OCC(=O)NCCc2ccccc2C)c1. The Balaban J connectivity index is 1.76. The number of carbonyl (C=O) groups excluding carboxylic acids is 2. The lowest BCUT2D eigenvalue weighted by atomic mass is 10.1. The van der Waals surface area contributed by atoms with Gasteiger partial charge in [-0.05, 0) is 43.5 Å². The van der Waals surface area contributed by atoms with Crippen molar-refractivity contribution in [1.82, 2.24) is 5.32 Å². The summed E-state index contributed by atoms with van der Waals surface area (Å²) in [7, 11) is 0. The normalized spacial score (nSPS) is 10.2. The molecule has 0 saturated carbocycles. The van der Waals surface area contributed by atoms with E-state index in [-0.39, 0.29) is 18.3 Å². The van der Waals surface area contributed by atoms with Crippen molar-refractivity contribution in [2.45, 2.75) is 20.3 Å². The van der Waals surface area contributed by atoms with Crippen LogP contribution in [0.2, 0.25) is 0 Å². The van der Waals surface area contributed by atoms with Crippen molar-refractivity contribution in [3.8, 4) is 5.75 Å². The predicted octanol–water partition coefficient (Wildman–Crippen LogP) is 2.94. The van der Waals surface area contributed by atoms with Gasteiger partial charge in [0.05, 0.1) is 0 Å². The standard InChI is InChI=1S/C19H21NO3/c1-14-6-3-4-7-16(14)10-11-20-19(22)13-23-18-9-5-8-17(12-18)15(2)21/h3-9,12H,10-11,13H2,1-2H3,(H,20,22). The second kappa shape index (κ2) is 8.13. The van der Waals surface area contributed by atoms with Crippen molar-refractivity contribution in [2.24, 2.45) is 0 Å². The van der Waals surface area contributed by atoms with Gasteiger partial charge in [-0.3, -0.25) is 9.59 Å². The van der Waals surface area contributed by atoms with Gasteiger partial charge in [-0.2, -0.15) is 0 Å². The van der Waals surface area contributed by atoms with Crippen LogP contribution in [0, 0.1) is 6.92 Å². The van der Waals surface area contributed by atoms with Crippen LogP contribution in [0.4, 0.5) is 0 Å². The average molecular weight is 311 g/mol. The molecule has 0 aliphatic rings. The van der Waals surface area contributed by atoms with Crippen LogP contribution in [0.25, 0.3) is 0 Å². The molecule has 2 aromatic carbocycles. The van der Waals surface area contributed by atoms with Crippen LogP contribution in [-0.4, -0.2) is 24.8 Å². The van der Waals surface area contributed by atoms with Crippen LogP contribution >= 0.6 is 0 Å². The number of hydrogen-bond donors (Lipinski definition) is 1. The maximum absolute atomic E-state index is 11.8. The molecule has 0 aliphatic carbocycles. The Morgan fingerprint density at radius 2 is 1.87 bits per heavy atom. The van der Waals surface area contributed by atoms with Gasteiger partial charge in [0.1, 0.15) is 5.75 Å². The first-order chi connectivity index (χ1) is 11.1. The zero-order valence-electron chi connectivity index (χ0n) is 13.5. The van der Waals surface area contributed by atoms with Crippen LogP contribution in [0.1, 0.15) is 28.4 Å². The second-order valence-electron chi connectivity index (χ2n) is 5.40. The molecule has 0 aliphatic heterocycles. The first-order valence-electron chi connectivity index (χ1n) is 7.61. The highest BCUT2D eigenvalue weighted by Crippen LogP contribution is 2.13. The fourth-order valence-corrected chi connectivity index (χ4v) is 2.23. The quantitative estimate of drug-likeness (QED) is 0.800. The summed E-state index contributed by atoms with van der Waals surface area (Å²) in [4.78, 5) is 23.1. The van der Waals surface area contributed by atoms with E-state index in [9.17, 15) is 9.59 Å². The smallest absolute Gasteiger partial charge is 0.257 e. The van der Waals surface area contributed by atoms with Gasteiger partial charge in [0.15, 0.2) is 12.4 Å². The summed E-state index contributed by atoms with van der Waals surface area (Å²) in [6, 6.07) is 14.9. The van der Waals surface area contributed by atoms with Crippen LogP contribution in [0.3, 0.4) is 0 Å². The lowest BCUT2D eigenvalue weighted by Crippen LogP contribution is -2.30. The largest absolute Gasteiger partial charge is 0.484 e. The van der Waals surface area contributed by atoms with Gasteiger partial charge < -0.3 is 10.1 Å². The Labute approximate surface area is 136 Å². The van der Waals surface area contributed by atoms with Crippen molar-refractivity contribution in [1.29, 1.82) is 0 Å². The van der Waals surface area contributed by atoms with E-state index in [1.807, 2.05) is 12.1 Å². The van der Waals surface area contributed by atoms with E-state index in [1.54, 1.807) is 24.3 Å². The molecule has 0 saturated heterocycles. The summed E-state index contributed by atoms with van der Waals surface area (Å²) < 4.78 is 5.42. The number of amides is 1. The van der Waals surface area contributed by atoms with Gasteiger partial charge >= 0.3 is 0 Å². The van der Waals surface area contributed by atoms with Gasteiger partial charge in [-0.25, -0.2) is 0 Å². The molecular formula is C19H21NO3. The number of Topliss-reactive ketones (excluding diaryl/α,β-unsaturated/α-hetero) is 1. The number of ether oxygens (including phenoxy) is 1. The summed E-state index contributed by atoms with van der Waals surface area (Å²) in [5.41, 5.74) is 3.02. The summed E-state index contributed by atoms with van der Waals surface area (Å²) in [5, 5.41) is 2.84. The Bertz CT molecular complexity index is 695. The Morgan fingerprint density at radius 3 is 2.61 bits per heavy atom. The molecule has 4 nitrogen and oxygen atoms in total. The molecule has 0 unspecified atom stereocenters. The minimum Gasteiger partial charge on any atom is -0.484 e. The number of ketones is 1. The molecule has 23 heavy (non-hydrogen) atoms. The maximum atomic E-state index is 11.8. The Hall–Kier alpha value is -2.62. The van der Waals surface area contributed by atoms with Crippen molar-refractivity contribution >= 4 is 11.7 Å². The second-order valence-corrected chi connectivity index (χ2v) is 5.40. The molecular weight excluding hydrogens is 290 g/mol. The van der Waals surface area contributed by atoms with Crippen LogP contribution < -0.4 is 10.1 Å². The highest BCUT2D eigenvalue weighted by molar-refractivity contribution is 5.94. The van der Waals surface area contributed by atoms with Gasteiger partial charge in [-0.15, -0.1) is 0 Å². The molecule has 2 aromatic rings. The van der Waals surface area contributed by atoms with E-state index < -0.39 is 0 Å². The fraction of sp³-hybridized carbons (Fsp3) is 0.263. The third-order valence-corrected chi connectivity index (χ3v) is 3.59. The lowest BCUT2D eigenvalue weighted by molar-refractivity contribution is -0.123. The summed E-state index contributed by atoms with van der Waals surface area (Å²) >= 11 is 0. The number of carbonyl (C=O) groups is 2. The lowest BCUT2D eigenvalue weighted by Gasteiger charge is -2.09. The highest BCUT2D eigenvalue weighted by atomic mass is 16.5. The third kappa shape index (κ3) is 5.25. The summed E-state index contributed by atoms with van der Waals surface area (Å²) in [6.45, 7) is 4.06. The number of benzene rings is 2. The van der Waals surface area contributed by atoms with Crippen LogP contribution in [0.5, 0.6) is 5.75 Å². The minimum atomic E-state index is -0.174. The van der Waals surface area contributed by atoms with E-state index in [2.05, 4.69) is 24.4 Å². The average Bonchev–Trinajstić information content (AvgIpc) is 2.55. The number of nitrogens with one attached hydrogen (secondary N) is 1. The van der Waals surface area contributed by atoms with E-state index >= 15 is 0 Å². The van der Waals surface area contributed by atoms with E-state index in [0.717, 1.165) is 6.42 Å². The monoisotopic (exact) mass is 311 g/mol. The van der Waals surface area contributed by atoms with Crippen molar-refractivity contribution in [2.75, 3.05) is 13.2 Å². The molecule has 1 amide bonds. The van der Waals surface area contributed by atoms with Crippen molar-refractivity contribution in [3.05, 3.63) is 65.2 Å². The number of aryl methyl sites for hydroxylation is 1. The molecule has 0 atom stereocenters. The first kappa shape index (κ1) is 16.7. The summed E-state index contributed by atoms with van der Waals surface area (Å²) in [6.07, 6.45) is 0.790. The zero-order valence-corrected chi connectivity index (χ0v) is 13.5.